The molecule has 0 atom stereocenters. The second kappa shape index (κ2) is 11.6. The van der Waals surface area contributed by atoms with Crippen molar-refractivity contribution in [1.82, 2.24) is 10.4 Å². The Morgan fingerprint density at radius 1 is 1.00 bits per heavy atom. The molecule has 0 bridgehead atoms. The van der Waals surface area contributed by atoms with Crippen LogP contribution >= 0.6 is 0 Å². The first-order valence-corrected chi connectivity index (χ1v) is 9.88. The summed E-state index contributed by atoms with van der Waals surface area (Å²) >= 11 is 0. The highest BCUT2D eigenvalue weighted by atomic mass is 16.5. The molecular formula is C24H26N2O4. The number of hydroxylamine groups is 1. The van der Waals surface area contributed by atoms with Crippen LogP contribution in [-0.4, -0.2) is 29.2 Å². The lowest BCUT2D eigenvalue weighted by Gasteiger charge is -2.21. The number of carbonyl (C=O) groups excluding carboxylic acids is 1. The fourth-order valence-corrected chi connectivity index (χ4v) is 3.04. The highest BCUT2D eigenvalue weighted by Gasteiger charge is 2.10. The number of hydrogen-bond acceptors (Lipinski definition) is 5. The van der Waals surface area contributed by atoms with Gasteiger partial charge in [0, 0.05) is 19.2 Å². The van der Waals surface area contributed by atoms with Crippen LogP contribution in [0.15, 0.2) is 83.3 Å². The molecule has 156 valence electrons. The van der Waals surface area contributed by atoms with Crippen molar-refractivity contribution in [3.63, 3.8) is 0 Å². The predicted molar refractivity (Wildman–Crippen MR) is 115 cm³/mol. The molecule has 2 aromatic carbocycles. The Hall–Kier alpha value is -3.35. The van der Waals surface area contributed by atoms with Crippen LogP contribution in [0.4, 0.5) is 0 Å². The summed E-state index contributed by atoms with van der Waals surface area (Å²) < 4.78 is 11.6. The molecule has 0 aliphatic rings. The summed E-state index contributed by atoms with van der Waals surface area (Å²) in [6.45, 7) is 2.92. The molecular weight excluding hydrogens is 380 g/mol. The van der Waals surface area contributed by atoms with E-state index in [1.165, 1.54) is 17.7 Å². The van der Waals surface area contributed by atoms with Gasteiger partial charge in [0.05, 0.1) is 13.2 Å². The van der Waals surface area contributed by atoms with E-state index < -0.39 is 5.91 Å². The predicted octanol–water partition coefficient (Wildman–Crippen LogP) is 4.27. The van der Waals surface area contributed by atoms with Crippen LogP contribution in [0.1, 0.15) is 23.5 Å². The molecule has 3 aromatic rings. The summed E-state index contributed by atoms with van der Waals surface area (Å²) in [5.41, 5.74) is 2.78. The van der Waals surface area contributed by atoms with E-state index in [0.29, 0.717) is 18.9 Å². The summed E-state index contributed by atoms with van der Waals surface area (Å²) in [4.78, 5) is 13.4. The van der Waals surface area contributed by atoms with Gasteiger partial charge in [-0.1, -0.05) is 48.5 Å². The third kappa shape index (κ3) is 7.24. The van der Waals surface area contributed by atoms with Gasteiger partial charge in [0.2, 0.25) is 0 Å². The number of ether oxygens (including phenoxy) is 1. The molecule has 0 spiro atoms. The maximum Gasteiger partial charge on any atom is 0.267 e. The van der Waals surface area contributed by atoms with Gasteiger partial charge in [0.25, 0.3) is 5.91 Å². The highest BCUT2D eigenvalue weighted by Crippen LogP contribution is 2.15. The third-order valence-electron chi connectivity index (χ3n) is 4.45. The van der Waals surface area contributed by atoms with Crippen LogP contribution in [0.3, 0.4) is 0 Å². The molecule has 0 saturated heterocycles. The van der Waals surface area contributed by atoms with Crippen molar-refractivity contribution in [1.29, 1.82) is 0 Å². The van der Waals surface area contributed by atoms with Gasteiger partial charge >= 0.3 is 0 Å². The van der Waals surface area contributed by atoms with Crippen molar-refractivity contribution in [3.8, 4) is 5.75 Å². The zero-order chi connectivity index (χ0) is 21.0. The van der Waals surface area contributed by atoms with Crippen LogP contribution < -0.4 is 10.2 Å². The molecule has 3 rings (SSSR count). The molecule has 1 amide bonds. The van der Waals surface area contributed by atoms with Crippen LogP contribution in [0.5, 0.6) is 5.75 Å². The Morgan fingerprint density at radius 2 is 1.73 bits per heavy atom. The lowest BCUT2D eigenvalue weighted by molar-refractivity contribution is -0.124. The molecule has 1 heterocycles. The van der Waals surface area contributed by atoms with E-state index in [2.05, 4.69) is 17.0 Å². The first-order chi connectivity index (χ1) is 14.7. The molecule has 30 heavy (non-hydrogen) atoms. The Labute approximate surface area is 176 Å². The Balaban J connectivity index is 1.57. The smallest absolute Gasteiger partial charge is 0.267 e. The quantitative estimate of drug-likeness (QED) is 0.215. The van der Waals surface area contributed by atoms with E-state index in [-0.39, 0.29) is 0 Å². The van der Waals surface area contributed by atoms with Gasteiger partial charge in [-0.2, -0.15) is 0 Å². The van der Waals surface area contributed by atoms with Crippen LogP contribution in [0.2, 0.25) is 0 Å². The van der Waals surface area contributed by atoms with Gasteiger partial charge in [-0.05, 0) is 42.3 Å². The van der Waals surface area contributed by atoms with Gasteiger partial charge in [0.1, 0.15) is 17.3 Å². The molecule has 0 saturated carbocycles. The second-order valence-corrected chi connectivity index (χ2v) is 6.82. The molecule has 6 nitrogen and oxygen atoms in total. The van der Waals surface area contributed by atoms with E-state index in [0.717, 1.165) is 31.0 Å². The van der Waals surface area contributed by atoms with Gasteiger partial charge < -0.3 is 9.15 Å². The lowest BCUT2D eigenvalue weighted by Crippen LogP contribution is -2.25. The van der Waals surface area contributed by atoms with Gasteiger partial charge in [-0.25, -0.2) is 5.48 Å². The third-order valence-corrected chi connectivity index (χ3v) is 4.45. The second-order valence-electron chi connectivity index (χ2n) is 6.82. The van der Waals surface area contributed by atoms with Crippen molar-refractivity contribution >= 4 is 12.0 Å². The molecule has 0 radical (unpaired) electrons. The van der Waals surface area contributed by atoms with Gasteiger partial charge in [-0.3, -0.25) is 14.9 Å². The van der Waals surface area contributed by atoms with E-state index in [4.69, 9.17) is 14.4 Å². The molecule has 0 fully saturated rings. The van der Waals surface area contributed by atoms with Crippen LogP contribution in [0.25, 0.3) is 6.08 Å². The summed E-state index contributed by atoms with van der Waals surface area (Å²) in [7, 11) is 0. The highest BCUT2D eigenvalue weighted by molar-refractivity contribution is 5.90. The zero-order valence-electron chi connectivity index (χ0n) is 16.7. The summed E-state index contributed by atoms with van der Waals surface area (Å²) in [6.07, 6.45) is 3.61. The van der Waals surface area contributed by atoms with E-state index in [9.17, 15) is 4.79 Å². The van der Waals surface area contributed by atoms with Crippen LogP contribution in [0, 0.1) is 0 Å². The molecule has 6 heteroatoms. The molecule has 0 aliphatic heterocycles. The number of furan rings is 1. The van der Waals surface area contributed by atoms with E-state index >= 15 is 0 Å². The van der Waals surface area contributed by atoms with Gasteiger partial charge in [-0.15, -0.1) is 0 Å². The number of benzene rings is 2. The average Bonchev–Trinajstić information content (AvgIpc) is 3.23. The maximum atomic E-state index is 11.1. The first-order valence-electron chi connectivity index (χ1n) is 9.88. The van der Waals surface area contributed by atoms with E-state index in [1.807, 2.05) is 54.6 Å². The topological polar surface area (TPSA) is 74.9 Å². The largest absolute Gasteiger partial charge is 0.494 e. The van der Waals surface area contributed by atoms with Crippen molar-refractivity contribution < 1.29 is 19.2 Å². The average molecular weight is 406 g/mol. The SMILES string of the molecule is O=C(/C=C/c1ccc(CN(CCCOc2ccccc2)Cc2ccccc2)o1)NO. The fourth-order valence-electron chi connectivity index (χ4n) is 3.04. The number of rotatable bonds is 11. The number of nitrogens with zero attached hydrogens (tertiary/aromatic N) is 1. The summed E-state index contributed by atoms with van der Waals surface area (Å²) in [6, 6.07) is 23.8. The Kier molecular flexibility index (Phi) is 8.26. The maximum absolute atomic E-state index is 11.1. The minimum Gasteiger partial charge on any atom is -0.494 e. The Bertz CT molecular complexity index is 923. The summed E-state index contributed by atoms with van der Waals surface area (Å²) in [5.74, 6) is 1.64. The lowest BCUT2D eigenvalue weighted by atomic mass is 10.2. The first kappa shape index (κ1) is 21.4. The van der Waals surface area contributed by atoms with Crippen molar-refractivity contribution in [3.05, 3.63) is 96.0 Å². The van der Waals surface area contributed by atoms with E-state index in [1.54, 1.807) is 11.5 Å². The molecule has 1 aromatic heterocycles. The van der Waals surface area contributed by atoms with Crippen molar-refractivity contribution in [2.75, 3.05) is 13.2 Å². The van der Waals surface area contributed by atoms with Crippen LogP contribution in [-0.2, 0) is 17.9 Å². The Morgan fingerprint density at radius 3 is 2.47 bits per heavy atom. The minimum absolute atomic E-state index is 0.556. The number of amides is 1. The van der Waals surface area contributed by atoms with Crippen molar-refractivity contribution in [2.45, 2.75) is 19.5 Å². The minimum atomic E-state index is -0.600. The van der Waals surface area contributed by atoms with Crippen molar-refractivity contribution in [2.24, 2.45) is 0 Å². The molecule has 0 aliphatic carbocycles. The fraction of sp³-hybridized carbons (Fsp3) is 0.208. The monoisotopic (exact) mass is 406 g/mol. The standard InChI is InChI=1S/C24H26N2O4/c27-24(25-28)15-14-22-12-13-23(30-22)19-26(18-20-8-3-1-4-9-20)16-7-17-29-21-10-5-2-6-11-21/h1-6,8-15,28H,7,16-19H2,(H,25,27)/b15-14+. The number of nitrogens with one attached hydrogen (secondary N) is 1. The normalized spacial score (nSPS) is 11.1. The number of para-hydroxylation sites is 1. The number of hydrogen-bond donors (Lipinski definition) is 2. The summed E-state index contributed by atoms with van der Waals surface area (Å²) in [5, 5.41) is 8.55. The molecule has 0 unspecified atom stereocenters. The number of carbonyl (C=O) groups is 1. The molecule has 2 N–H and O–H groups in total. The zero-order valence-corrected chi connectivity index (χ0v) is 16.7. The van der Waals surface area contributed by atoms with Gasteiger partial charge in [0.15, 0.2) is 0 Å².